The molecule has 0 saturated heterocycles. The molecular formula is C19H17N5O2S. The second kappa shape index (κ2) is 7.46. The molecule has 0 bridgehead atoms. The number of anilines is 1. The van der Waals surface area contributed by atoms with Crippen molar-refractivity contribution >= 4 is 28.7 Å². The fraction of sp³-hybridized carbons (Fsp3) is 0.105. The number of rotatable bonds is 5. The maximum atomic E-state index is 12.4. The fourth-order valence-electron chi connectivity index (χ4n) is 2.75. The monoisotopic (exact) mass is 379 g/mol. The third-order valence-electron chi connectivity index (χ3n) is 4.01. The summed E-state index contributed by atoms with van der Waals surface area (Å²) in [6.45, 7) is 0.812. The number of hydrogen-bond acceptors (Lipinski definition) is 4. The van der Waals surface area contributed by atoms with E-state index >= 15 is 0 Å². The Kier molecular flexibility index (Phi) is 4.71. The summed E-state index contributed by atoms with van der Waals surface area (Å²) in [5, 5.41) is 11.9. The van der Waals surface area contributed by atoms with Crippen molar-refractivity contribution in [3.05, 3.63) is 87.1 Å². The number of pyridine rings is 1. The zero-order valence-corrected chi connectivity index (χ0v) is 15.1. The normalized spacial score (nSPS) is 10.8. The van der Waals surface area contributed by atoms with Crippen LogP contribution in [0.2, 0.25) is 0 Å². The van der Waals surface area contributed by atoms with Gasteiger partial charge in [0.25, 0.3) is 0 Å². The molecule has 136 valence electrons. The van der Waals surface area contributed by atoms with E-state index in [2.05, 4.69) is 15.7 Å². The van der Waals surface area contributed by atoms with Crippen molar-refractivity contribution in [1.29, 1.82) is 0 Å². The number of carbonyl (C=O) groups excluding carboxylic acids is 1. The Morgan fingerprint density at radius 1 is 1.11 bits per heavy atom. The van der Waals surface area contributed by atoms with E-state index in [0.29, 0.717) is 24.4 Å². The minimum absolute atomic E-state index is 0.197. The Morgan fingerprint density at radius 2 is 2.04 bits per heavy atom. The maximum absolute atomic E-state index is 12.4. The highest BCUT2D eigenvalue weighted by atomic mass is 32.1. The second-order valence-corrected chi connectivity index (χ2v) is 6.99. The van der Waals surface area contributed by atoms with Gasteiger partial charge in [-0.2, -0.15) is 0 Å². The first kappa shape index (κ1) is 17.0. The molecule has 0 radical (unpaired) electrons. The van der Waals surface area contributed by atoms with Gasteiger partial charge in [-0.15, -0.1) is 16.4 Å². The molecule has 4 rings (SSSR count). The summed E-state index contributed by atoms with van der Waals surface area (Å²) >= 11 is 1.59. The molecular weight excluding hydrogens is 362 g/mol. The van der Waals surface area contributed by atoms with Crippen LogP contribution in [-0.2, 0) is 13.1 Å². The molecule has 2 N–H and O–H groups in total. The Balaban J connectivity index is 1.44. The van der Waals surface area contributed by atoms with Gasteiger partial charge in [0.1, 0.15) is 0 Å². The van der Waals surface area contributed by atoms with Gasteiger partial charge in [-0.25, -0.2) is 14.3 Å². The third kappa shape index (κ3) is 3.90. The highest BCUT2D eigenvalue weighted by Gasteiger charge is 2.08. The first-order chi connectivity index (χ1) is 13.2. The molecule has 1 aromatic carbocycles. The van der Waals surface area contributed by atoms with Crippen molar-refractivity contribution in [2.45, 2.75) is 13.1 Å². The molecule has 8 heteroatoms. The van der Waals surface area contributed by atoms with Crippen LogP contribution in [0.15, 0.2) is 71.0 Å². The zero-order chi connectivity index (χ0) is 18.6. The molecule has 0 aliphatic heterocycles. The van der Waals surface area contributed by atoms with E-state index < -0.39 is 0 Å². The van der Waals surface area contributed by atoms with Crippen LogP contribution in [0.1, 0.15) is 10.4 Å². The molecule has 0 aliphatic rings. The number of benzene rings is 1. The number of thiophene rings is 1. The third-order valence-corrected chi connectivity index (χ3v) is 4.89. The van der Waals surface area contributed by atoms with Gasteiger partial charge in [0.15, 0.2) is 5.65 Å². The number of nitrogens with one attached hydrogen (secondary N) is 2. The molecule has 0 spiro atoms. The van der Waals surface area contributed by atoms with Gasteiger partial charge in [-0.05, 0) is 41.3 Å². The number of urea groups is 1. The first-order valence-electron chi connectivity index (χ1n) is 8.39. The Labute approximate surface area is 158 Å². The van der Waals surface area contributed by atoms with Crippen molar-refractivity contribution in [1.82, 2.24) is 19.5 Å². The summed E-state index contributed by atoms with van der Waals surface area (Å²) in [4.78, 5) is 25.5. The van der Waals surface area contributed by atoms with E-state index in [-0.39, 0.29) is 11.7 Å². The molecule has 0 saturated carbocycles. The summed E-state index contributed by atoms with van der Waals surface area (Å²) < 4.78 is 2.91. The largest absolute Gasteiger partial charge is 0.350 e. The smallest absolute Gasteiger partial charge is 0.333 e. The lowest BCUT2D eigenvalue weighted by Crippen LogP contribution is -2.28. The van der Waals surface area contributed by atoms with E-state index in [9.17, 15) is 9.59 Å². The zero-order valence-electron chi connectivity index (χ0n) is 14.3. The van der Waals surface area contributed by atoms with Crippen molar-refractivity contribution < 1.29 is 4.79 Å². The van der Waals surface area contributed by atoms with E-state index in [1.54, 1.807) is 35.7 Å². The van der Waals surface area contributed by atoms with E-state index in [0.717, 1.165) is 10.4 Å². The lowest BCUT2D eigenvalue weighted by Gasteiger charge is -2.08. The first-order valence-corrected chi connectivity index (χ1v) is 9.27. The molecule has 2 amide bonds. The van der Waals surface area contributed by atoms with Gasteiger partial charge in [-0.3, -0.25) is 4.40 Å². The second-order valence-electron chi connectivity index (χ2n) is 5.96. The van der Waals surface area contributed by atoms with Crippen molar-refractivity contribution in [2.24, 2.45) is 0 Å². The SMILES string of the molecule is O=C(NCc1cccs1)Nc1cccc(Cn2nc3ccccn3c2=O)c1. The molecule has 4 aromatic rings. The van der Waals surface area contributed by atoms with E-state index in [1.165, 1.54) is 9.08 Å². The van der Waals surface area contributed by atoms with Crippen LogP contribution in [0.5, 0.6) is 0 Å². The van der Waals surface area contributed by atoms with Gasteiger partial charge in [0.05, 0.1) is 13.1 Å². The minimum Gasteiger partial charge on any atom is -0.333 e. The van der Waals surface area contributed by atoms with E-state index in [1.807, 2.05) is 41.8 Å². The predicted octanol–water partition coefficient (Wildman–Crippen LogP) is 2.93. The summed E-state index contributed by atoms with van der Waals surface area (Å²) in [5.41, 5.74) is 1.94. The summed E-state index contributed by atoms with van der Waals surface area (Å²) in [6, 6.07) is 16.4. The Bertz CT molecular complexity index is 1130. The summed E-state index contributed by atoms with van der Waals surface area (Å²) in [6.07, 6.45) is 1.69. The van der Waals surface area contributed by atoms with Gasteiger partial charge in [-0.1, -0.05) is 24.3 Å². The average Bonchev–Trinajstić information content (AvgIpc) is 3.29. The molecule has 7 nitrogen and oxygen atoms in total. The fourth-order valence-corrected chi connectivity index (χ4v) is 3.39. The van der Waals surface area contributed by atoms with Crippen molar-refractivity contribution in [2.75, 3.05) is 5.32 Å². The molecule has 27 heavy (non-hydrogen) atoms. The maximum Gasteiger partial charge on any atom is 0.350 e. The lowest BCUT2D eigenvalue weighted by molar-refractivity contribution is 0.252. The molecule has 0 unspecified atom stereocenters. The highest BCUT2D eigenvalue weighted by Crippen LogP contribution is 2.12. The van der Waals surface area contributed by atoms with Crippen LogP contribution in [0.25, 0.3) is 5.65 Å². The van der Waals surface area contributed by atoms with Crippen LogP contribution >= 0.6 is 11.3 Å². The van der Waals surface area contributed by atoms with Crippen LogP contribution in [0.4, 0.5) is 10.5 Å². The van der Waals surface area contributed by atoms with Gasteiger partial charge in [0.2, 0.25) is 0 Å². The van der Waals surface area contributed by atoms with Crippen molar-refractivity contribution in [3.63, 3.8) is 0 Å². The number of hydrogen-bond donors (Lipinski definition) is 2. The van der Waals surface area contributed by atoms with E-state index in [4.69, 9.17) is 0 Å². The minimum atomic E-state index is -0.273. The predicted molar refractivity (Wildman–Crippen MR) is 105 cm³/mol. The quantitative estimate of drug-likeness (QED) is 0.559. The molecule has 3 heterocycles. The highest BCUT2D eigenvalue weighted by molar-refractivity contribution is 7.09. The van der Waals surface area contributed by atoms with Gasteiger partial charge in [0, 0.05) is 16.8 Å². The van der Waals surface area contributed by atoms with Gasteiger partial charge < -0.3 is 10.6 Å². The number of amides is 2. The van der Waals surface area contributed by atoms with Crippen LogP contribution in [0.3, 0.4) is 0 Å². The molecule has 0 aliphatic carbocycles. The summed E-state index contributed by atoms with van der Waals surface area (Å²) in [5.74, 6) is 0. The topological polar surface area (TPSA) is 80.4 Å². The Morgan fingerprint density at radius 3 is 2.85 bits per heavy atom. The lowest BCUT2D eigenvalue weighted by atomic mass is 10.2. The van der Waals surface area contributed by atoms with Crippen LogP contribution in [0, 0.1) is 0 Å². The van der Waals surface area contributed by atoms with Gasteiger partial charge >= 0.3 is 11.7 Å². The number of fused-ring (bicyclic) bond motifs is 1. The number of carbonyl (C=O) groups is 1. The Hall–Kier alpha value is -3.39. The molecule has 0 atom stereocenters. The van der Waals surface area contributed by atoms with Crippen LogP contribution < -0.4 is 16.3 Å². The van der Waals surface area contributed by atoms with Crippen LogP contribution in [-0.4, -0.2) is 20.2 Å². The molecule has 3 aromatic heterocycles. The standard InChI is InChI=1S/C19H17N5O2S/c25-18(20-12-16-7-4-10-27-16)21-15-6-3-5-14(11-15)13-24-19(26)23-9-2-1-8-17(23)22-24/h1-11H,12-13H2,(H2,20,21,25). The number of nitrogens with zero attached hydrogens (tertiary/aromatic N) is 3. The van der Waals surface area contributed by atoms with Crippen molar-refractivity contribution in [3.8, 4) is 0 Å². The molecule has 0 fully saturated rings. The average molecular weight is 379 g/mol. The number of aromatic nitrogens is 3. The summed E-state index contributed by atoms with van der Waals surface area (Å²) in [7, 11) is 0.